The number of hydrogen-bond acceptors (Lipinski definition) is 5. The van der Waals surface area contributed by atoms with Crippen LogP contribution in [0.25, 0.3) is 0 Å². The summed E-state index contributed by atoms with van der Waals surface area (Å²) in [5.41, 5.74) is 0. The van der Waals surface area contributed by atoms with E-state index < -0.39 is 5.97 Å². The number of ether oxygens (including phenoxy) is 1. The van der Waals surface area contributed by atoms with Crippen molar-refractivity contribution in [3.63, 3.8) is 0 Å². The summed E-state index contributed by atoms with van der Waals surface area (Å²) in [7, 11) is 4.46. The van der Waals surface area contributed by atoms with Gasteiger partial charge in [0.05, 0.1) is 7.11 Å². The van der Waals surface area contributed by atoms with E-state index in [2.05, 4.69) is 21.3 Å². The molecule has 15 heavy (non-hydrogen) atoms. The lowest BCUT2D eigenvalue weighted by Gasteiger charge is -2.10. The van der Waals surface area contributed by atoms with E-state index in [4.69, 9.17) is 0 Å². The number of carbonyl (C=O) groups is 2. The Hall–Kier alpha value is -1.92. The van der Waals surface area contributed by atoms with Crippen LogP contribution in [0.1, 0.15) is 10.6 Å². The summed E-state index contributed by atoms with van der Waals surface area (Å²) in [4.78, 5) is 23.9. The summed E-state index contributed by atoms with van der Waals surface area (Å²) in [6.45, 7) is -0.0373. The molecular weight excluding hydrogens is 200 g/mol. The summed E-state index contributed by atoms with van der Waals surface area (Å²) in [6, 6.07) is 0. The molecule has 1 rings (SSSR count). The molecular formula is C8H11N4O3. The maximum absolute atomic E-state index is 11.4. The zero-order valence-electron chi connectivity index (χ0n) is 8.72. The van der Waals surface area contributed by atoms with Gasteiger partial charge < -0.3 is 9.64 Å². The minimum Gasteiger partial charge on any atom is -0.463 e. The Labute approximate surface area is 86.6 Å². The third-order valence-electron chi connectivity index (χ3n) is 1.73. The van der Waals surface area contributed by atoms with Crippen molar-refractivity contribution < 1.29 is 14.3 Å². The van der Waals surface area contributed by atoms with Gasteiger partial charge in [0.1, 0.15) is 6.54 Å². The highest BCUT2D eigenvalue weighted by Crippen LogP contribution is 1.97. The molecule has 1 radical (unpaired) electrons. The quantitative estimate of drug-likeness (QED) is 0.596. The van der Waals surface area contributed by atoms with Crippen LogP contribution >= 0.6 is 0 Å². The van der Waals surface area contributed by atoms with Gasteiger partial charge in [0, 0.05) is 14.1 Å². The van der Waals surface area contributed by atoms with Gasteiger partial charge in [0.15, 0.2) is 0 Å². The van der Waals surface area contributed by atoms with Crippen LogP contribution in [-0.2, 0) is 16.1 Å². The summed E-state index contributed by atoms with van der Waals surface area (Å²) < 4.78 is 5.69. The minimum atomic E-state index is -0.643. The SMILES string of the molecule is COC(=O)c1nn[c]n1CC(=O)N(C)C. The molecule has 0 aliphatic carbocycles. The van der Waals surface area contributed by atoms with Crippen LogP contribution in [0.4, 0.5) is 0 Å². The third-order valence-corrected chi connectivity index (χ3v) is 1.73. The van der Waals surface area contributed by atoms with Gasteiger partial charge in [-0.25, -0.2) is 4.79 Å². The van der Waals surface area contributed by atoms with Gasteiger partial charge in [0.2, 0.25) is 18.1 Å². The molecule has 1 aromatic rings. The summed E-state index contributed by atoms with van der Waals surface area (Å²) in [5.74, 6) is -0.862. The molecule has 7 heteroatoms. The fourth-order valence-electron chi connectivity index (χ4n) is 0.854. The van der Waals surface area contributed by atoms with Crippen molar-refractivity contribution in [3.05, 3.63) is 12.2 Å². The monoisotopic (exact) mass is 211 g/mol. The highest BCUT2D eigenvalue weighted by atomic mass is 16.5. The average molecular weight is 211 g/mol. The Morgan fingerprint density at radius 1 is 1.53 bits per heavy atom. The van der Waals surface area contributed by atoms with E-state index in [0.29, 0.717) is 0 Å². The third kappa shape index (κ3) is 2.52. The molecule has 81 valence electrons. The standard InChI is InChI=1S/C8H11N4O3/c1-11(2)6(13)4-12-5-9-10-7(12)8(14)15-3/h4H2,1-3H3. The fraction of sp³-hybridized carbons (Fsp3) is 0.500. The summed E-state index contributed by atoms with van der Waals surface area (Å²) in [6.07, 6.45) is 2.41. The second-order valence-electron chi connectivity index (χ2n) is 2.99. The molecule has 0 saturated heterocycles. The smallest absolute Gasteiger partial charge is 0.376 e. The molecule has 0 atom stereocenters. The molecule has 0 bridgehead atoms. The van der Waals surface area contributed by atoms with Gasteiger partial charge in [-0.2, -0.15) is 0 Å². The first-order valence-corrected chi connectivity index (χ1v) is 4.15. The molecule has 0 aliphatic rings. The van der Waals surface area contributed by atoms with Gasteiger partial charge in [-0.15, -0.1) is 10.2 Å². The number of methoxy groups -OCH3 is 1. The Bertz CT molecular complexity index is 372. The fourth-order valence-corrected chi connectivity index (χ4v) is 0.854. The first kappa shape index (κ1) is 11.2. The van der Waals surface area contributed by atoms with E-state index in [1.807, 2.05) is 0 Å². The number of nitrogens with zero attached hydrogens (tertiary/aromatic N) is 4. The van der Waals surface area contributed by atoms with Crippen LogP contribution in [0.3, 0.4) is 0 Å². The molecule has 0 saturated carbocycles. The molecule has 0 unspecified atom stereocenters. The molecule has 0 aliphatic heterocycles. The number of hydrogen-bond donors (Lipinski definition) is 0. The lowest BCUT2D eigenvalue weighted by molar-refractivity contribution is -0.129. The second kappa shape index (κ2) is 4.54. The number of carbonyl (C=O) groups excluding carboxylic acids is 2. The van der Waals surface area contributed by atoms with Crippen molar-refractivity contribution in [1.29, 1.82) is 0 Å². The van der Waals surface area contributed by atoms with E-state index in [1.54, 1.807) is 14.1 Å². The first-order valence-electron chi connectivity index (χ1n) is 4.15. The summed E-state index contributed by atoms with van der Waals surface area (Å²) >= 11 is 0. The Morgan fingerprint density at radius 2 is 2.20 bits per heavy atom. The number of esters is 1. The van der Waals surface area contributed by atoms with Crippen LogP contribution in [0.5, 0.6) is 0 Å². The van der Waals surface area contributed by atoms with Crippen molar-refractivity contribution >= 4 is 11.9 Å². The number of rotatable bonds is 3. The van der Waals surface area contributed by atoms with Crippen LogP contribution in [-0.4, -0.2) is 52.7 Å². The van der Waals surface area contributed by atoms with E-state index in [1.165, 1.54) is 16.6 Å². The van der Waals surface area contributed by atoms with Crippen molar-refractivity contribution in [2.24, 2.45) is 0 Å². The predicted molar refractivity (Wildman–Crippen MR) is 48.9 cm³/mol. The second-order valence-corrected chi connectivity index (χ2v) is 2.99. The maximum atomic E-state index is 11.4. The van der Waals surface area contributed by atoms with Gasteiger partial charge in [-0.05, 0) is 0 Å². The van der Waals surface area contributed by atoms with Crippen LogP contribution < -0.4 is 0 Å². The van der Waals surface area contributed by atoms with E-state index in [9.17, 15) is 9.59 Å². The van der Waals surface area contributed by atoms with Crippen molar-refractivity contribution in [3.8, 4) is 0 Å². The first-order chi connectivity index (χ1) is 7.06. The Morgan fingerprint density at radius 3 is 2.73 bits per heavy atom. The molecule has 0 spiro atoms. The molecule has 0 N–H and O–H groups in total. The van der Waals surface area contributed by atoms with E-state index in [-0.39, 0.29) is 18.3 Å². The Kier molecular flexibility index (Phi) is 3.37. The molecule has 0 aromatic carbocycles. The van der Waals surface area contributed by atoms with Gasteiger partial charge in [-0.1, -0.05) is 0 Å². The molecule has 0 fully saturated rings. The van der Waals surface area contributed by atoms with Crippen LogP contribution in [0, 0.1) is 6.33 Å². The lowest BCUT2D eigenvalue weighted by Crippen LogP contribution is -2.27. The summed E-state index contributed by atoms with van der Waals surface area (Å²) in [5, 5.41) is 6.93. The van der Waals surface area contributed by atoms with E-state index in [0.717, 1.165) is 0 Å². The maximum Gasteiger partial charge on any atom is 0.376 e. The van der Waals surface area contributed by atoms with Crippen molar-refractivity contribution in [1.82, 2.24) is 19.7 Å². The zero-order chi connectivity index (χ0) is 11.4. The van der Waals surface area contributed by atoms with Crippen molar-refractivity contribution in [2.45, 2.75) is 6.54 Å². The van der Waals surface area contributed by atoms with Gasteiger partial charge in [0.25, 0.3) is 0 Å². The van der Waals surface area contributed by atoms with Gasteiger partial charge in [-0.3, -0.25) is 9.36 Å². The topological polar surface area (TPSA) is 77.3 Å². The Balaban J connectivity index is 2.82. The zero-order valence-corrected chi connectivity index (χ0v) is 8.72. The average Bonchev–Trinajstić information content (AvgIpc) is 2.64. The normalized spacial score (nSPS) is 9.80. The number of aromatic nitrogens is 3. The van der Waals surface area contributed by atoms with E-state index >= 15 is 0 Å². The number of likely N-dealkylation sites (N-methyl/N-ethyl adjacent to an activating group) is 1. The van der Waals surface area contributed by atoms with Crippen molar-refractivity contribution in [2.75, 3.05) is 21.2 Å². The van der Waals surface area contributed by atoms with Crippen LogP contribution in [0.2, 0.25) is 0 Å². The molecule has 1 amide bonds. The minimum absolute atomic E-state index is 0.0345. The van der Waals surface area contributed by atoms with Gasteiger partial charge >= 0.3 is 5.97 Å². The highest BCUT2D eigenvalue weighted by Gasteiger charge is 2.17. The molecule has 1 heterocycles. The number of amides is 1. The van der Waals surface area contributed by atoms with Crippen LogP contribution in [0.15, 0.2) is 0 Å². The highest BCUT2D eigenvalue weighted by molar-refractivity contribution is 5.86. The molecule has 1 aromatic heterocycles. The lowest BCUT2D eigenvalue weighted by atomic mass is 10.5. The predicted octanol–water partition coefficient (Wildman–Crippen LogP) is -1.05. The molecule has 7 nitrogen and oxygen atoms in total. The largest absolute Gasteiger partial charge is 0.463 e.